The van der Waals surface area contributed by atoms with Crippen molar-refractivity contribution >= 4 is 16.9 Å². The second-order valence-electron chi connectivity index (χ2n) is 6.00. The third kappa shape index (κ3) is 3.60. The van der Waals surface area contributed by atoms with Crippen molar-refractivity contribution < 1.29 is 4.79 Å². The lowest BCUT2D eigenvalue weighted by Gasteiger charge is -2.16. The fourth-order valence-electron chi connectivity index (χ4n) is 2.85. The maximum absolute atomic E-state index is 12.4. The number of benzene rings is 1. The van der Waals surface area contributed by atoms with E-state index in [2.05, 4.69) is 34.5 Å². The summed E-state index contributed by atoms with van der Waals surface area (Å²) in [6.07, 6.45) is 3.79. The quantitative estimate of drug-likeness (QED) is 0.737. The molecule has 3 aromatic rings. The number of fused-ring (bicyclic) bond motifs is 1. The van der Waals surface area contributed by atoms with Crippen molar-refractivity contribution in [2.45, 2.75) is 25.8 Å². The van der Waals surface area contributed by atoms with Crippen LogP contribution < -0.4 is 10.9 Å². The first-order valence-corrected chi connectivity index (χ1v) is 8.29. The zero-order valence-corrected chi connectivity index (χ0v) is 14.3. The van der Waals surface area contributed by atoms with Crippen molar-refractivity contribution in [3.63, 3.8) is 0 Å². The van der Waals surface area contributed by atoms with Gasteiger partial charge in [-0.1, -0.05) is 37.3 Å². The zero-order chi connectivity index (χ0) is 17.8. The highest BCUT2D eigenvalue weighted by atomic mass is 16.2. The molecule has 1 atom stereocenters. The summed E-state index contributed by atoms with van der Waals surface area (Å²) >= 11 is 0. The first-order valence-electron chi connectivity index (χ1n) is 8.29. The summed E-state index contributed by atoms with van der Waals surface area (Å²) in [5.41, 5.74) is 1.45. The van der Waals surface area contributed by atoms with Gasteiger partial charge in [-0.3, -0.25) is 18.8 Å². The Morgan fingerprint density at radius 3 is 2.76 bits per heavy atom. The number of hydrogen-bond acceptors (Lipinski definition) is 4. The number of carbonyl (C=O) groups is 1. The highest BCUT2D eigenvalue weighted by Gasteiger charge is 2.13. The molecule has 0 aliphatic heterocycles. The molecule has 1 unspecified atom stereocenters. The summed E-state index contributed by atoms with van der Waals surface area (Å²) in [7, 11) is 1.72. The van der Waals surface area contributed by atoms with Crippen molar-refractivity contribution in [3.05, 3.63) is 58.8 Å². The Bertz CT molecular complexity index is 930. The largest absolute Gasteiger partial charge is 0.354 e. The van der Waals surface area contributed by atoms with Crippen LogP contribution in [0.3, 0.4) is 0 Å². The minimum atomic E-state index is -0.261. The molecule has 0 saturated carbocycles. The SMILES string of the molecule is CCC(CNC(=O)Cn1cnc2c(cnn2C)c1=O)c1ccccc1. The molecule has 25 heavy (non-hydrogen) atoms. The van der Waals surface area contributed by atoms with Crippen LogP contribution in [0, 0.1) is 0 Å². The van der Waals surface area contributed by atoms with Crippen LogP contribution in [0.2, 0.25) is 0 Å². The second kappa shape index (κ2) is 7.29. The van der Waals surface area contributed by atoms with Gasteiger partial charge in [0.15, 0.2) is 5.65 Å². The fourth-order valence-corrected chi connectivity index (χ4v) is 2.85. The van der Waals surface area contributed by atoms with Crippen LogP contribution in [-0.2, 0) is 18.4 Å². The number of aromatic nitrogens is 4. The molecule has 0 saturated heterocycles. The van der Waals surface area contributed by atoms with Crippen molar-refractivity contribution in [1.82, 2.24) is 24.6 Å². The molecule has 7 nitrogen and oxygen atoms in total. The van der Waals surface area contributed by atoms with E-state index in [0.29, 0.717) is 17.6 Å². The summed E-state index contributed by atoms with van der Waals surface area (Å²) in [5, 5.41) is 7.35. The molecule has 1 aromatic carbocycles. The summed E-state index contributed by atoms with van der Waals surface area (Å²) in [4.78, 5) is 28.8. The summed E-state index contributed by atoms with van der Waals surface area (Å²) in [5.74, 6) is 0.0438. The van der Waals surface area contributed by atoms with E-state index in [4.69, 9.17) is 0 Å². The van der Waals surface area contributed by atoms with Crippen LogP contribution in [-0.4, -0.2) is 31.8 Å². The van der Waals surface area contributed by atoms with E-state index in [1.165, 1.54) is 27.3 Å². The highest BCUT2D eigenvalue weighted by Crippen LogP contribution is 2.17. The molecular weight excluding hydrogens is 318 g/mol. The van der Waals surface area contributed by atoms with Gasteiger partial charge < -0.3 is 5.32 Å². The van der Waals surface area contributed by atoms with Gasteiger partial charge in [0.05, 0.1) is 6.20 Å². The van der Waals surface area contributed by atoms with Gasteiger partial charge in [0.1, 0.15) is 18.3 Å². The Balaban J connectivity index is 1.66. The van der Waals surface area contributed by atoms with E-state index in [9.17, 15) is 9.59 Å². The molecular formula is C18H21N5O2. The Kier molecular flexibility index (Phi) is 4.92. The molecule has 1 N–H and O–H groups in total. The van der Waals surface area contributed by atoms with Crippen LogP contribution in [0.5, 0.6) is 0 Å². The standard InChI is InChI=1S/C18H21N5O2/c1-3-13(14-7-5-4-6-8-14)9-19-16(24)11-23-12-20-17-15(18(23)25)10-21-22(17)2/h4-8,10,12-13H,3,9,11H2,1-2H3,(H,19,24). The molecule has 0 bridgehead atoms. The average Bonchev–Trinajstić information content (AvgIpc) is 3.01. The summed E-state index contributed by atoms with van der Waals surface area (Å²) < 4.78 is 2.84. The summed E-state index contributed by atoms with van der Waals surface area (Å²) in [6, 6.07) is 10.1. The summed E-state index contributed by atoms with van der Waals surface area (Å²) in [6.45, 7) is 2.58. The number of hydrogen-bond donors (Lipinski definition) is 1. The lowest BCUT2D eigenvalue weighted by atomic mass is 9.96. The Morgan fingerprint density at radius 2 is 2.04 bits per heavy atom. The van der Waals surface area contributed by atoms with Crippen LogP contribution in [0.25, 0.3) is 11.0 Å². The lowest BCUT2D eigenvalue weighted by Crippen LogP contribution is -2.34. The van der Waals surface area contributed by atoms with E-state index < -0.39 is 0 Å². The van der Waals surface area contributed by atoms with Gasteiger partial charge in [0.2, 0.25) is 5.91 Å². The van der Waals surface area contributed by atoms with Gasteiger partial charge in [0, 0.05) is 19.5 Å². The van der Waals surface area contributed by atoms with E-state index in [1.54, 1.807) is 7.05 Å². The molecule has 0 fully saturated rings. The lowest BCUT2D eigenvalue weighted by molar-refractivity contribution is -0.121. The predicted molar refractivity (Wildman–Crippen MR) is 95.3 cm³/mol. The molecule has 7 heteroatoms. The number of aryl methyl sites for hydroxylation is 1. The second-order valence-corrected chi connectivity index (χ2v) is 6.00. The highest BCUT2D eigenvalue weighted by molar-refractivity contribution is 5.77. The average molecular weight is 339 g/mol. The van der Waals surface area contributed by atoms with Gasteiger partial charge in [-0.15, -0.1) is 0 Å². The fraction of sp³-hybridized carbons (Fsp3) is 0.333. The number of nitrogens with one attached hydrogen (secondary N) is 1. The minimum absolute atomic E-state index is 0.0537. The van der Waals surface area contributed by atoms with Crippen LogP contribution in [0.1, 0.15) is 24.8 Å². The normalized spacial score (nSPS) is 12.2. The van der Waals surface area contributed by atoms with Gasteiger partial charge >= 0.3 is 0 Å². The van der Waals surface area contributed by atoms with Crippen molar-refractivity contribution in [3.8, 4) is 0 Å². The molecule has 2 heterocycles. The first-order chi connectivity index (χ1) is 12.1. The van der Waals surface area contributed by atoms with Gasteiger partial charge in [0.25, 0.3) is 5.56 Å². The maximum atomic E-state index is 12.4. The molecule has 0 aliphatic rings. The van der Waals surface area contributed by atoms with Gasteiger partial charge in [-0.25, -0.2) is 4.98 Å². The van der Waals surface area contributed by atoms with E-state index in [1.807, 2.05) is 18.2 Å². The van der Waals surface area contributed by atoms with E-state index in [-0.39, 0.29) is 23.9 Å². The number of nitrogens with zero attached hydrogens (tertiary/aromatic N) is 4. The first kappa shape index (κ1) is 16.9. The Hall–Kier alpha value is -2.96. The number of carbonyl (C=O) groups excluding carboxylic acids is 1. The number of rotatable bonds is 6. The molecule has 2 aromatic heterocycles. The molecule has 0 aliphatic carbocycles. The van der Waals surface area contributed by atoms with Gasteiger partial charge in [-0.2, -0.15) is 5.10 Å². The van der Waals surface area contributed by atoms with E-state index >= 15 is 0 Å². The van der Waals surface area contributed by atoms with Gasteiger partial charge in [-0.05, 0) is 12.0 Å². The predicted octanol–water partition coefficient (Wildman–Crippen LogP) is 1.44. The topological polar surface area (TPSA) is 81.8 Å². The molecule has 130 valence electrons. The minimum Gasteiger partial charge on any atom is -0.354 e. The molecule has 3 rings (SSSR count). The maximum Gasteiger partial charge on any atom is 0.264 e. The monoisotopic (exact) mass is 339 g/mol. The molecule has 0 spiro atoms. The Morgan fingerprint density at radius 1 is 1.28 bits per heavy atom. The van der Waals surface area contributed by atoms with Crippen molar-refractivity contribution in [1.29, 1.82) is 0 Å². The third-order valence-electron chi connectivity index (χ3n) is 4.34. The Labute approximate surface area is 145 Å². The van der Waals surface area contributed by atoms with Crippen LogP contribution >= 0.6 is 0 Å². The van der Waals surface area contributed by atoms with Crippen molar-refractivity contribution in [2.24, 2.45) is 7.05 Å². The van der Waals surface area contributed by atoms with E-state index in [0.717, 1.165) is 6.42 Å². The molecule has 0 radical (unpaired) electrons. The van der Waals surface area contributed by atoms with Crippen molar-refractivity contribution in [2.75, 3.05) is 6.54 Å². The smallest absolute Gasteiger partial charge is 0.264 e. The van der Waals surface area contributed by atoms with Crippen LogP contribution in [0.4, 0.5) is 0 Å². The third-order valence-corrected chi connectivity index (χ3v) is 4.34. The number of amides is 1. The van der Waals surface area contributed by atoms with Crippen LogP contribution in [0.15, 0.2) is 47.7 Å². The zero-order valence-electron chi connectivity index (χ0n) is 14.3. The molecule has 1 amide bonds.